The number of aromatic amines is 1. The van der Waals surface area contributed by atoms with E-state index in [0.29, 0.717) is 19.5 Å². The third-order valence-electron chi connectivity index (χ3n) is 3.38. The number of carbonyl (C=O) groups is 1. The maximum atomic E-state index is 13.1. The van der Waals surface area contributed by atoms with Gasteiger partial charge < -0.3 is 4.90 Å². The van der Waals surface area contributed by atoms with Crippen LogP contribution in [0, 0.1) is 0 Å². The highest BCUT2D eigenvalue weighted by atomic mass is 35.5. The van der Waals surface area contributed by atoms with Crippen molar-refractivity contribution in [3.63, 3.8) is 0 Å². The van der Waals surface area contributed by atoms with Crippen molar-refractivity contribution in [2.75, 3.05) is 13.1 Å². The molecule has 2 N–H and O–H groups in total. The number of alkyl halides is 2. The minimum Gasteiger partial charge on any atom is -0.335 e. The van der Waals surface area contributed by atoms with Crippen LogP contribution in [0.1, 0.15) is 17.8 Å². The topological polar surface area (TPSA) is 73.9 Å². The number of fused-ring (bicyclic) bond motifs is 1. The van der Waals surface area contributed by atoms with Crippen LogP contribution < -0.4 is 5.32 Å². The molecule has 1 saturated heterocycles. The van der Waals surface area contributed by atoms with Crippen LogP contribution in [0.15, 0.2) is 0 Å². The van der Waals surface area contributed by atoms with Gasteiger partial charge in [-0.1, -0.05) is 0 Å². The summed E-state index contributed by atoms with van der Waals surface area (Å²) in [4.78, 5) is 13.7. The predicted octanol–water partition coefficient (Wildman–Crippen LogP) is 0.108. The number of aromatic nitrogens is 3. The Morgan fingerprint density at radius 1 is 1.37 bits per heavy atom. The van der Waals surface area contributed by atoms with Crippen molar-refractivity contribution in [1.82, 2.24) is 25.6 Å². The van der Waals surface area contributed by atoms with E-state index in [9.17, 15) is 13.6 Å². The number of hydrogen-bond donors (Lipinski definition) is 2. The van der Waals surface area contributed by atoms with E-state index in [1.807, 2.05) is 0 Å². The number of nitrogens with one attached hydrogen (secondary N) is 2. The molecule has 106 valence electrons. The zero-order valence-corrected chi connectivity index (χ0v) is 10.8. The monoisotopic (exact) mass is 293 g/mol. The van der Waals surface area contributed by atoms with Crippen molar-refractivity contribution in [3.05, 3.63) is 11.4 Å². The van der Waals surface area contributed by atoms with Gasteiger partial charge in [-0.25, -0.2) is 8.78 Å². The molecular formula is C10H14ClF2N5O. The van der Waals surface area contributed by atoms with Crippen LogP contribution in [0.4, 0.5) is 8.78 Å². The lowest BCUT2D eigenvalue weighted by Crippen LogP contribution is -2.45. The average molecular weight is 294 g/mol. The van der Waals surface area contributed by atoms with Crippen molar-refractivity contribution in [2.45, 2.75) is 31.4 Å². The van der Waals surface area contributed by atoms with Gasteiger partial charge in [0.05, 0.1) is 24.8 Å². The Morgan fingerprint density at radius 3 is 2.79 bits per heavy atom. The fourth-order valence-electron chi connectivity index (χ4n) is 2.40. The van der Waals surface area contributed by atoms with E-state index < -0.39 is 24.9 Å². The lowest BCUT2D eigenvalue weighted by Gasteiger charge is -2.27. The number of H-pyrrole nitrogens is 1. The molecule has 0 saturated carbocycles. The molecule has 1 aromatic heterocycles. The first-order valence-corrected chi connectivity index (χ1v) is 5.84. The fourth-order valence-corrected chi connectivity index (χ4v) is 2.40. The van der Waals surface area contributed by atoms with Gasteiger partial charge in [-0.3, -0.25) is 10.1 Å². The summed E-state index contributed by atoms with van der Waals surface area (Å²) in [6.45, 7) is 0.420. The van der Waals surface area contributed by atoms with Gasteiger partial charge in [0.15, 0.2) is 0 Å². The van der Waals surface area contributed by atoms with Crippen LogP contribution in [-0.2, 0) is 17.8 Å². The Bertz CT molecular complexity index is 480. The summed E-state index contributed by atoms with van der Waals surface area (Å²) < 4.78 is 26.1. The molecule has 0 radical (unpaired) electrons. The molecule has 1 aromatic rings. The first-order valence-electron chi connectivity index (χ1n) is 5.84. The smallest absolute Gasteiger partial charge is 0.262 e. The molecule has 1 amide bonds. The van der Waals surface area contributed by atoms with Crippen LogP contribution in [0.5, 0.6) is 0 Å². The van der Waals surface area contributed by atoms with Crippen molar-refractivity contribution in [2.24, 2.45) is 0 Å². The fraction of sp³-hybridized carbons (Fsp3) is 0.700. The standard InChI is InChI=1S/C10H13F2N5O.ClH/c11-10(12)3-7(13-5-10)9(18)17-2-1-6-8(4-17)15-16-14-6;/h7,13H,1-5H2,(H,14,15,16);1H. The second-order valence-corrected chi connectivity index (χ2v) is 4.72. The molecule has 0 aliphatic carbocycles. The molecule has 0 spiro atoms. The zero-order chi connectivity index (χ0) is 12.8. The molecule has 3 rings (SSSR count). The maximum Gasteiger partial charge on any atom is 0.262 e. The largest absolute Gasteiger partial charge is 0.335 e. The van der Waals surface area contributed by atoms with E-state index in [1.165, 1.54) is 0 Å². The molecule has 2 aliphatic heterocycles. The normalized spacial score (nSPS) is 24.7. The Labute approximate surface area is 114 Å². The number of amides is 1. The summed E-state index contributed by atoms with van der Waals surface area (Å²) in [6.07, 6.45) is 0.189. The van der Waals surface area contributed by atoms with Gasteiger partial charge in [-0.2, -0.15) is 15.4 Å². The van der Waals surface area contributed by atoms with E-state index in [1.54, 1.807) is 4.90 Å². The number of rotatable bonds is 1. The summed E-state index contributed by atoms with van der Waals surface area (Å²) in [7, 11) is 0. The van der Waals surface area contributed by atoms with Crippen molar-refractivity contribution < 1.29 is 13.6 Å². The van der Waals surface area contributed by atoms with Crippen molar-refractivity contribution in [3.8, 4) is 0 Å². The molecule has 9 heteroatoms. The highest BCUT2D eigenvalue weighted by Gasteiger charge is 2.44. The van der Waals surface area contributed by atoms with Gasteiger partial charge in [0.2, 0.25) is 5.91 Å². The Balaban J connectivity index is 0.00000133. The van der Waals surface area contributed by atoms with E-state index in [2.05, 4.69) is 20.7 Å². The number of halogens is 3. The SMILES string of the molecule is Cl.O=C(C1CC(F)(F)CN1)N1CCc2n[nH]nc2C1. The van der Waals surface area contributed by atoms with E-state index >= 15 is 0 Å². The summed E-state index contributed by atoms with van der Waals surface area (Å²) >= 11 is 0. The van der Waals surface area contributed by atoms with Crippen LogP contribution in [0.25, 0.3) is 0 Å². The first kappa shape index (κ1) is 14.1. The second kappa shape index (κ2) is 5.01. The average Bonchev–Trinajstić information content (AvgIpc) is 2.93. The Hall–Kier alpha value is -1.28. The van der Waals surface area contributed by atoms with Crippen LogP contribution in [0.2, 0.25) is 0 Å². The molecule has 1 fully saturated rings. The van der Waals surface area contributed by atoms with Crippen LogP contribution >= 0.6 is 12.4 Å². The summed E-state index contributed by atoms with van der Waals surface area (Å²) in [5.41, 5.74) is 1.57. The molecule has 19 heavy (non-hydrogen) atoms. The molecule has 3 heterocycles. The van der Waals surface area contributed by atoms with Crippen molar-refractivity contribution in [1.29, 1.82) is 0 Å². The Morgan fingerprint density at radius 2 is 2.11 bits per heavy atom. The maximum absolute atomic E-state index is 13.1. The summed E-state index contributed by atoms with van der Waals surface area (Å²) in [6, 6.07) is -0.784. The summed E-state index contributed by atoms with van der Waals surface area (Å²) in [5, 5.41) is 13.0. The molecule has 6 nitrogen and oxygen atoms in total. The van der Waals surface area contributed by atoms with Gasteiger partial charge in [-0.05, 0) is 0 Å². The number of hydrogen-bond acceptors (Lipinski definition) is 4. The van der Waals surface area contributed by atoms with Gasteiger partial charge >= 0.3 is 0 Å². The summed E-state index contributed by atoms with van der Waals surface area (Å²) in [5.74, 6) is -3.06. The van der Waals surface area contributed by atoms with Crippen LogP contribution in [0.3, 0.4) is 0 Å². The van der Waals surface area contributed by atoms with E-state index in [0.717, 1.165) is 11.4 Å². The second-order valence-electron chi connectivity index (χ2n) is 4.72. The number of carbonyl (C=O) groups excluding carboxylic acids is 1. The molecule has 0 bridgehead atoms. The van der Waals surface area contributed by atoms with E-state index in [4.69, 9.17) is 0 Å². The highest BCUT2D eigenvalue weighted by Crippen LogP contribution is 2.27. The minimum atomic E-state index is -2.78. The third kappa shape index (κ3) is 2.69. The van der Waals surface area contributed by atoms with Crippen LogP contribution in [-0.4, -0.2) is 51.3 Å². The van der Waals surface area contributed by atoms with Gasteiger partial charge in [0, 0.05) is 19.4 Å². The molecular weight excluding hydrogens is 280 g/mol. The quantitative estimate of drug-likeness (QED) is 0.771. The molecule has 2 aliphatic rings. The predicted molar refractivity (Wildman–Crippen MR) is 64.1 cm³/mol. The lowest BCUT2D eigenvalue weighted by atomic mass is 10.1. The molecule has 0 aromatic carbocycles. The third-order valence-corrected chi connectivity index (χ3v) is 3.38. The Kier molecular flexibility index (Phi) is 3.73. The van der Waals surface area contributed by atoms with Gasteiger partial charge in [0.1, 0.15) is 5.69 Å². The zero-order valence-electron chi connectivity index (χ0n) is 10.0. The van der Waals surface area contributed by atoms with Crippen molar-refractivity contribution >= 4 is 18.3 Å². The lowest BCUT2D eigenvalue weighted by molar-refractivity contribution is -0.134. The van der Waals surface area contributed by atoms with Gasteiger partial charge in [-0.15, -0.1) is 12.4 Å². The van der Waals surface area contributed by atoms with E-state index in [-0.39, 0.29) is 18.3 Å². The first-order chi connectivity index (χ1) is 8.55. The minimum absolute atomic E-state index is 0. The molecule has 1 atom stereocenters. The highest BCUT2D eigenvalue weighted by molar-refractivity contribution is 5.85. The number of nitrogens with zero attached hydrogens (tertiary/aromatic N) is 3. The van der Waals surface area contributed by atoms with Gasteiger partial charge in [0.25, 0.3) is 5.92 Å². The molecule has 1 unspecified atom stereocenters.